The molecule has 6 heteroatoms. The molecule has 0 unspecified atom stereocenters. The van der Waals surface area contributed by atoms with E-state index in [9.17, 15) is 9.59 Å². The fourth-order valence-corrected chi connectivity index (χ4v) is 4.98. The van der Waals surface area contributed by atoms with Crippen LogP contribution in [0, 0.1) is 5.92 Å². The molecule has 5 nitrogen and oxygen atoms in total. The van der Waals surface area contributed by atoms with Gasteiger partial charge in [-0.2, -0.15) is 0 Å². The van der Waals surface area contributed by atoms with Crippen LogP contribution < -0.4 is 9.64 Å². The van der Waals surface area contributed by atoms with Crippen LogP contribution in [0.2, 0.25) is 5.02 Å². The fourth-order valence-electron chi connectivity index (χ4n) is 4.73. The molecule has 37 heavy (non-hydrogen) atoms. The van der Waals surface area contributed by atoms with E-state index in [-0.39, 0.29) is 11.8 Å². The Bertz CT molecular complexity index is 1260. The van der Waals surface area contributed by atoms with Gasteiger partial charge in [0.1, 0.15) is 5.75 Å². The summed E-state index contributed by atoms with van der Waals surface area (Å²) in [5, 5.41) is 0.564. The molecule has 0 spiro atoms. The summed E-state index contributed by atoms with van der Waals surface area (Å²) in [7, 11) is 2.95. The largest absolute Gasteiger partial charge is 0.495 e. The Morgan fingerprint density at radius 1 is 0.946 bits per heavy atom. The standard InChI is InChI=1S/C31H32ClNO4/c1-36-29-17-16-26(20-28(29)32)24-14-11-23(12-15-24)21-33(31(35)25-8-4-3-5-9-25)27-10-6-7-22(19-27)13-18-30(34)37-2/h6-7,10-20,25H,3-5,8-9,21H2,1-2H3/b18-13+. The third-order valence-corrected chi connectivity index (χ3v) is 7.09. The molecular formula is C31H32ClNO4. The first kappa shape index (κ1) is 26.5. The highest BCUT2D eigenvalue weighted by Gasteiger charge is 2.27. The molecule has 4 rings (SSSR count). The zero-order valence-electron chi connectivity index (χ0n) is 21.3. The van der Waals surface area contributed by atoms with E-state index in [1.165, 1.54) is 19.6 Å². The van der Waals surface area contributed by atoms with Gasteiger partial charge < -0.3 is 14.4 Å². The molecular weight excluding hydrogens is 486 g/mol. The van der Waals surface area contributed by atoms with Gasteiger partial charge in [-0.15, -0.1) is 0 Å². The number of methoxy groups -OCH3 is 2. The Labute approximate surface area is 223 Å². The monoisotopic (exact) mass is 517 g/mol. The number of nitrogens with zero attached hydrogens (tertiary/aromatic N) is 1. The zero-order valence-corrected chi connectivity index (χ0v) is 22.0. The molecule has 1 aliphatic rings. The van der Waals surface area contributed by atoms with Crippen molar-refractivity contribution in [1.82, 2.24) is 0 Å². The topological polar surface area (TPSA) is 55.8 Å². The number of esters is 1. The Kier molecular flexibility index (Phi) is 9.02. The lowest BCUT2D eigenvalue weighted by Crippen LogP contribution is -2.36. The van der Waals surface area contributed by atoms with Crippen LogP contribution in [0.4, 0.5) is 5.69 Å². The van der Waals surface area contributed by atoms with Gasteiger partial charge in [-0.25, -0.2) is 4.79 Å². The number of hydrogen-bond acceptors (Lipinski definition) is 4. The summed E-state index contributed by atoms with van der Waals surface area (Å²) in [5.41, 5.74) is 4.71. The molecule has 192 valence electrons. The third kappa shape index (κ3) is 6.80. The van der Waals surface area contributed by atoms with Gasteiger partial charge in [0.15, 0.2) is 0 Å². The van der Waals surface area contributed by atoms with E-state index in [0.29, 0.717) is 17.3 Å². The lowest BCUT2D eigenvalue weighted by atomic mass is 9.88. The van der Waals surface area contributed by atoms with Crippen LogP contribution in [-0.2, 0) is 20.9 Å². The molecule has 3 aromatic rings. The number of benzene rings is 3. The van der Waals surface area contributed by atoms with Crippen molar-refractivity contribution in [3.63, 3.8) is 0 Å². The van der Waals surface area contributed by atoms with Gasteiger partial charge in [0.25, 0.3) is 0 Å². The minimum atomic E-state index is -0.418. The van der Waals surface area contributed by atoms with Crippen LogP contribution in [0.1, 0.15) is 43.2 Å². The quantitative estimate of drug-likeness (QED) is 0.232. The maximum atomic E-state index is 13.7. The second-order valence-electron chi connectivity index (χ2n) is 9.26. The lowest BCUT2D eigenvalue weighted by Gasteiger charge is -2.30. The summed E-state index contributed by atoms with van der Waals surface area (Å²) >= 11 is 6.32. The number of halogens is 1. The second kappa shape index (κ2) is 12.6. The van der Waals surface area contributed by atoms with Crippen LogP contribution in [-0.4, -0.2) is 26.1 Å². The maximum absolute atomic E-state index is 13.7. The first-order valence-electron chi connectivity index (χ1n) is 12.6. The number of ether oxygens (including phenoxy) is 2. The summed E-state index contributed by atoms with van der Waals surface area (Å²) in [4.78, 5) is 27.2. The Morgan fingerprint density at radius 2 is 1.68 bits per heavy atom. The molecule has 0 radical (unpaired) electrons. The van der Waals surface area contributed by atoms with Crippen LogP contribution in [0.3, 0.4) is 0 Å². The number of carbonyl (C=O) groups is 2. The SMILES string of the molecule is COC(=O)/C=C/c1cccc(N(Cc2ccc(-c3ccc(OC)c(Cl)c3)cc2)C(=O)C2CCCCC2)c1. The molecule has 1 amide bonds. The van der Waals surface area contributed by atoms with Crippen LogP contribution >= 0.6 is 11.6 Å². The van der Waals surface area contributed by atoms with Crippen molar-refractivity contribution in [3.05, 3.63) is 89.0 Å². The smallest absolute Gasteiger partial charge is 0.330 e. The van der Waals surface area contributed by atoms with Gasteiger partial charge in [0, 0.05) is 17.7 Å². The van der Waals surface area contributed by atoms with Gasteiger partial charge in [0.05, 0.1) is 25.8 Å². The molecule has 0 atom stereocenters. The summed E-state index contributed by atoms with van der Waals surface area (Å²) in [6.07, 6.45) is 8.30. The van der Waals surface area contributed by atoms with Crippen molar-refractivity contribution in [3.8, 4) is 16.9 Å². The minimum Gasteiger partial charge on any atom is -0.495 e. The van der Waals surface area contributed by atoms with Crippen LogP contribution in [0.25, 0.3) is 17.2 Å². The summed E-state index contributed by atoms with van der Waals surface area (Å²) in [5.74, 6) is 0.407. The average Bonchev–Trinajstić information content (AvgIpc) is 2.95. The van der Waals surface area contributed by atoms with Crippen molar-refractivity contribution in [2.75, 3.05) is 19.1 Å². The Morgan fingerprint density at radius 3 is 2.35 bits per heavy atom. The highest BCUT2D eigenvalue weighted by Crippen LogP contribution is 2.32. The fraction of sp³-hybridized carbons (Fsp3) is 0.290. The minimum absolute atomic E-state index is 0.0312. The number of anilines is 1. The van der Waals surface area contributed by atoms with Gasteiger partial charge in [-0.1, -0.05) is 73.3 Å². The first-order chi connectivity index (χ1) is 18.0. The molecule has 1 fully saturated rings. The number of rotatable bonds is 8. The Hall–Kier alpha value is -3.57. The Balaban J connectivity index is 1.60. The number of amides is 1. The number of carbonyl (C=O) groups excluding carboxylic acids is 2. The van der Waals surface area contributed by atoms with E-state index in [4.69, 9.17) is 21.1 Å². The van der Waals surface area contributed by atoms with E-state index in [0.717, 1.165) is 53.6 Å². The van der Waals surface area contributed by atoms with Crippen molar-refractivity contribution >= 4 is 35.2 Å². The normalized spacial score (nSPS) is 13.9. The van der Waals surface area contributed by atoms with Crippen LogP contribution in [0.5, 0.6) is 5.75 Å². The average molecular weight is 518 g/mol. The van der Waals surface area contributed by atoms with Crippen LogP contribution in [0.15, 0.2) is 72.8 Å². The van der Waals surface area contributed by atoms with E-state index in [1.807, 2.05) is 59.5 Å². The predicted molar refractivity (Wildman–Crippen MR) is 149 cm³/mol. The summed E-state index contributed by atoms with van der Waals surface area (Å²) in [6, 6.07) is 21.6. The van der Waals surface area contributed by atoms with Crippen molar-refractivity contribution < 1.29 is 19.1 Å². The van der Waals surface area contributed by atoms with Crippen molar-refractivity contribution in [2.45, 2.75) is 38.6 Å². The second-order valence-corrected chi connectivity index (χ2v) is 9.66. The van der Waals surface area contributed by atoms with Gasteiger partial charge in [-0.3, -0.25) is 4.79 Å². The molecule has 0 aromatic heterocycles. The molecule has 0 saturated heterocycles. The lowest BCUT2D eigenvalue weighted by molar-refractivity contribution is -0.134. The van der Waals surface area contributed by atoms with E-state index < -0.39 is 5.97 Å². The summed E-state index contributed by atoms with van der Waals surface area (Å²) in [6.45, 7) is 0.461. The number of hydrogen-bond donors (Lipinski definition) is 0. The van der Waals surface area contributed by atoms with Gasteiger partial charge in [-0.05, 0) is 65.4 Å². The van der Waals surface area contributed by atoms with Gasteiger partial charge >= 0.3 is 5.97 Å². The summed E-state index contributed by atoms with van der Waals surface area (Å²) < 4.78 is 9.96. The van der Waals surface area contributed by atoms with Crippen molar-refractivity contribution in [1.29, 1.82) is 0 Å². The first-order valence-corrected chi connectivity index (χ1v) is 13.0. The molecule has 1 aliphatic carbocycles. The zero-order chi connectivity index (χ0) is 26.2. The molecule has 3 aromatic carbocycles. The molecule has 0 bridgehead atoms. The third-order valence-electron chi connectivity index (χ3n) is 6.80. The molecule has 0 heterocycles. The van der Waals surface area contributed by atoms with Crippen molar-refractivity contribution in [2.24, 2.45) is 5.92 Å². The van der Waals surface area contributed by atoms with E-state index in [2.05, 4.69) is 12.1 Å². The van der Waals surface area contributed by atoms with Gasteiger partial charge in [0.2, 0.25) is 5.91 Å². The maximum Gasteiger partial charge on any atom is 0.330 e. The van der Waals surface area contributed by atoms with E-state index in [1.54, 1.807) is 13.2 Å². The van der Waals surface area contributed by atoms with E-state index >= 15 is 0 Å². The predicted octanol–water partition coefficient (Wildman–Crippen LogP) is 7.32. The highest BCUT2D eigenvalue weighted by molar-refractivity contribution is 6.32. The molecule has 0 N–H and O–H groups in total. The molecule has 0 aliphatic heterocycles. The highest BCUT2D eigenvalue weighted by atomic mass is 35.5. The molecule has 1 saturated carbocycles.